The quantitative estimate of drug-likeness (QED) is 0.370. The first-order valence-electron chi connectivity index (χ1n) is 9.58. The van der Waals surface area contributed by atoms with Gasteiger partial charge in [0.25, 0.3) is 11.7 Å². The van der Waals surface area contributed by atoms with Crippen LogP contribution in [0.2, 0.25) is 5.02 Å². The molecule has 1 aliphatic rings. The van der Waals surface area contributed by atoms with Crippen molar-refractivity contribution in [3.8, 4) is 0 Å². The van der Waals surface area contributed by atoms with E-state index in [-0.39, 0.29) is 11.3 Å². The number of carbonyl (C=O) groups excluding carboxylic acids is 2. The molecule has 0 spiro atoms. The molecule has 150 valence electrons. The number of aromatic nitrogens is 1. The number of anilines is 1. The third-order valence-electron chi connectivity index (χ3n) is 5.15. The number of aliphatic hydroxyl groups is 1. The fraction of sp³-hybridized carbons (Fsp3) is 0.125. The van der Waals surface area contributed by atoms with Gasteiger partial charge in [-0.25, -0.2) is 0 Å². The maximum atomic E-state index is 13.0. The molecule has 1 fully saturated rings. The minimum Gasteiger partial charge on any atom is -0.507 e. The highest BCUT2D eigenvalue weighted by Crippen LogP contribution is 2.41. The largest absolute Gasteiger partial charge is 0.507 e. The second-order valence-corrected chi connectivity index (χ2v) is 7.39. The van der Waals surface area contributed by atoms with E-state index < -0.39 is 17.7 Å². The molecule has 1 aliphatic heterocycles. The van der Waals surface area contributed by atoms with Gasteiger partial charge < -0.3 is 5.11 Å². The maximum absolute atomic E-state index is 13.0. The average Bonchev–Trinajstić information content (AvgIpc) is 3.05. The van der Waals surface area contributed by atoms with Gasteiger partial charge in [-0.3, -0.25) is 19.5 Å². The predicted molar refractivity (Wildman–Crippen MR) is 116 cm³/mol. The molecule has 1 atom stereocenters. The summed E-state index contributed by atoms with van der Waals surface area (Å²) < 4.78 is 0. The monoisotopic (exact) mass is 418 g/mol. The number of aryl methyl sites for hydroxylation is 1. The smallest absolute Gasteiger partial charge is 0.300 e. The van der Waals surface area contributed by atoms with Crippen LogP contribution in [0.4, 0.5) is 5.69 Å². The number of hydrogen-bond donors (Lipinski definition) is 1. The van der Waals surface area contributed by atoms with Gasteiger partial charge in [-0.2, -0.15) is 0 Å². The van der Waals surface area contributed by atoms with Crippen LogP contribution in [-0.4, -0.2) is 21.8 Å². The number of amides is 1. The van der Waals surface area contributed by atoms with Crippen LogP contribution in [0.25, 0.3) is 5.76 Å². The SMILES string of the molecule is CCc1ccc(/C(O)=C2/C(=O)C(=O)N(c3ccc(Cl)cc3)C2c2ccccn2)cc1. The fourth-order valence-corrected chi connectivity index (χ4v) is 3.70. The Hall–Kier alpha value is -3.44. The summed E-state index contributed by atoms with van der Waals surface area (Å²) in [4.78, 5) is 31.7. The van der Waals surface area contributed by atoms with E-state index in [1.807, 2.05) is 19.1 Å². The highest BCUT2D eigenvalue weighted by atomic mass is 35.5. The molecule has 2 aromatic carbocycles. The highest BCUT2D eigenvalue weighted by molar-refractivity contribution is 6.51. The lowest BCUT2D eigenvalue weighted by molar-refractivity contribution is -0.132. The minimum atomic E-state index is -0.849. The topological polar surface area (TPSA) is 70.5 Å². The van der Waals surface area contributed by atoms with Crippen molar-refractivity contribution in [2.24, 2.45) is 0 Å². The number of halogens is 1. The normalized spacial score (nSPS) is 18.1. The van der Waals surface area contributed by atoms with Crippen molar-refractivity contribution in [2.75, 3.05) is 4.90 Å². The molecule has 6 heteroatoms. The van der Waals surface area contributed by atoms with E-state index in [0.29, 0.717) is 22.0 Å². The number of carbonyl (C=O) groups is 2. The third kappa shape index (κ3) is 3.48. The molecule has 0 radical (unpaired) electrons. The molecule has 1 N–H and O–H groups in total. The first-order valence-corrected chi connectivity index (χ1v) is 9.96. The summed E-state index contributed by atoms with van der Waals surface area (Å²) in [6.07, 6.45) is 2.45. The van der Waals surface area contributed by atoms with E-state index >= 15 is 0 Å². The van der Waals surface area contributed by atoms with Crippen molar-refractivity contribution in [2.45, 2.75) is 19.4 Å². The fourth-order valence-electron chi connectivity index (χ4n) is 3.57. The number of aliphatic hydroxyl groups excluding tert-OH is 1. The van der Waals surface area contributed by atoms with Gasteiger partial charge in [0.2, 0.25) is 0 Å². The Labute approximate surface area is 179 Å². The summed E-state index contributed by atoms with van der Waals surface area (Å²) >= 11 is 5.99. The van der Waals surface area contributed by atoms with Gasteiger partial charge >= 0.3 is 0 Å². The molecule has 1 aromatic heterocycles. The molecular weight excluding hydrogens is 400 g/mol. The molecular formula is C24H19ClN2O3. The molecule has 1 saturated heterocycles. The average molecular weight is 419 g/mol. The zero-order valence-corrected chi connectivity index (χ0v) is 17.0. The Morgan fingerprint density at radius 3 is 2.33 bits per heavy atom. The molecule has 4 rings (SSSR count). The van der Waals surface area contributed by atoms with Crippen molar-refractivity contribution in [3.05, 3.63) is 100 Å². The van der Waals surface area contributed by atoms with Crippen molar-refractivity contribution < 1.29 is 14.7 Å². The van der Waals surface area contributed by atoms with Crippen LogP contribution < -0.4 is 4.90 Å². The van der Waals surface area contributed by atoms with Gasteiger partial charge in [0.1, 0.15) is 11.8 Å². The van der Waals surface area contributed by atoms with Crippen LogP contribution in [0.5, 0.6) is 0 Å². The number of benzene rings is 2. The summed E-state index contributed by atoms with van der Waals surface area (Å²) in [6, 6.07) is 18.3. The first-order chi connectivity index (χ1) is 14.5. The van der Waals surface area contributed by atoms with Crippen LogP contribution in [-0.2, 0) is 16.0 Å². The van der Waals surface area contributed by atoms with Crippen molar-refractivity contribution in [3.63, 3.8) is 0 Å². The number of hydrogen-bond acceptors (Lipinski definition) is 4. The third-order valence-corrected chi connectivity index (χ3v) is 5.40. The first kappa shape index (κ1) is 19.9. The Kier molecular flexibility index (Phi) is 5.38. The Morgan fingerprint density at radius 2 is 1.73 bits per heavy atom. The molecule has 1 amide bonds. The molecule has 2 heterocycles. The van der Waals surface area contributed by atoms with Crippen molar-refractivity contribution in [1.82, 2.24) is 4.98 Å². The van der Waals surface area contributed by atoms with Gasteiger partial charge in [-0.1, -0.05) is 48.9 Å². The van der Waals surface area contributed by atoms with Crippen LogP contribution >= 0.6 is 11.6 Å². The molecule has 3 aromatic rings. The van der Waals surface area contributed by atoms with Gasteiger partial charge in [0.15, 0.2) is 0 Å². The second kappa shape index (κ2) is 8.13. The Balaban J connectivity index is 1.90. The summed E-state index contributed by atoms with van der Waals surface area (Å²) in [6.45, 7) is 2.04. The van der Waals surface area contributed by atoms with E-state index in [1.165, 1.54) is 4.90 Å². The zero-order valence-electron chi connectivity index (χ0n) is 16.2. The number of pyridine rings is 1. The van der Waals surface area contributed by atoms with Gasteiger partial charge in [-0.15, -0.1) is 0 Å². The number of Topliss-reactive ketones (excluding diaryl/α,β-unsaturated/α-hetero) is 1. The standard InChI is InChI=1S/C24H19ClN2O3/c1-2-15-6-8-16(9-7-15)22(28)20-21(19-5-3-4-14-26-19)27(24(30)23(20)29)18-12-10-17(25)11-13-18/h3-14,21,28H,2H2,1H3/b22-20-. The molecule has 0 saturated carbocycles. The highest BCUT2D eigenvalue weighted by Gasteiger charge is 2.47. The van der Waals surface area contributed by atoms with Gasteiger partial charge in [0, 0.05) is 22.5 Å². The van der Waals surface area contributed by atoms with E-state index in [1.54, 1.807) is 60.8 Å². The Morgan fingerprint density at radius 1 is 1.03 bits per heavy atom. The lowest BCUT2D eigenvalue weighted by Crippen LogP contribution is -2.29. The van der Waals surface area contributed by atoms with Crippen molar-refractivity contribution in [1.29, 1.82) is 0 Å². The van der Waals surface area contributed by atoms with Crippen LogP contribution in [0.1, 0.15) is 29.8 Å². The van der Waals surface area contributed by atoms with E-state index in [0.717, 1.165) is 12.0 Å². The molecule has 5 nitrogen and oxygen atoms in total. The number of nitrogens with zero attached hydrogens (tertiary/aromatic N) is 2. The lowest BCUT2D eigenvalue weighted by Gasteiger charge is -2.24. The number of ketones is 1. The summed E-state index contributed by atoms with van der Waals surface area (Å²) in [5.41, 5.74) is 2.57. The van der Waals surface area contributed by atoms with Gasteiger partial charge in [-0.05, 0) is 48.4 Å². The van der Waals surface area contributed by atoms with E-state index in [4.69, 9.17) is 11.6 Å². The Bertz CT molecular complexity index is 1120. The molecule has 30 heavy (non-hydrogen) atoms. The van der Waals surface area contributed by atoms with E-state index in [9.17, 15) is 14.7 Å². The molecule has 0 aliphatic carbocycles. The van der Waals surface area contributed by atoms with Crippen molar-refractivity contribution >= 4 is 34.7 Å². The maximum Gasteiger partial charge on any atom is 0.300 e. The molecule has 1 unspecified atom stereocenters. The molecule has 0 bridgehead atoms. The number of rotatable bonds is 4. The van der Waals surface area contributed by atoms with Crippen LogP contribution in [0, 0.1) is 0 Å². The summed E-state index contributed by atoms with van der Waals surface area (Å²) in [7, 11) is 0. The zero-order chi connectivity index (χ0) is 21.3. The van der Waals surface area contributed by atoms with Crippen LogP contribution in [0.15, 0.2) is 78.5 Å². The summed E-state index contributed by atoms with van der Waals surface area (Å²) in [5.74, 6) is -1.69. The predicted octanol–water partition coefficient (Wildman–Crippen LogP) is 4.92. The van der Waals surface area contributed by atoms with E-state index in [2.05, 4.69) is 4.98 Å². The summed E-state index contributed by atoms with van der Waals surface area (Å²) in [5, 5.41) is 11.6. The minimum absolute atomic E-state index is 0.0119. The van der Waals surface area contributed by atoms with Crippen LogP contribution in [0.3, 0.4) is 0 Å². The second-order valence-electron chi connectivity index (χ2n) is 6.95. The van der Waals surface area contributed by atoms with Gasteiger partial charge in [0.05, 0.1) is 11.3 Å². The lowest BCUT2D eigenvalue weighted by atomic mass is 9.97.